The summed E-state index contributed by atoms with van der Waals surface area (Å²) in [4.78, 5) is 7.74. The van der Waals surface area contributed by atoms with Gasteiger partial charge in [-0.2, -0.15) is 0 Å². The number of hydrogen-bond acceptors (Lipinski definition) is 3. The van der Waals surface area contributed by atoms with Gasteiger partial charge in [0.2, 0.25) is 0 Å². The van der Waals surface area contributed by atoms with E-state index in [0.29, 0.717) is 18.3 Å². The van der Waals surface area contributed by atoms with Crippen molar-refractivity contribution in [2.24, 2.45) is 4.99 Å². The van der Waals surface area contributed by atoms with E-state index >= 15 is 0 Å². The van der Waals surface area contributed by atoms with E-state index in [2.05, 4.69) is 27.4 Å². The Kier molecular flexibility index (Phi) is 8.97. The Hall–Kier alpha value is -1.40. The van der Waals surface area contributed by atoms with Crippen LogP contribution in [0.2, 0.25) is 0 Å². The zero-order valence-electron chi connectivity index (χ0n) is 15.5. The van der Waals surface area contributed by atoms with Gasteiger partial charge >= 0.3 is 0 Å². The lowest BCUT2D eigenvalue weighted by Gasteiger charge is -2.33. The standard InChI is InChI=1S/C19H32N4OS/c1-3-4-13-23-14-10-17(11-15-23)22-19(20-2)21-12-16-25(24)18-8-6-5-7-9-18/h5-9,17H,3-4,10-16H2,1-2H3,(H2,20,21,22). The fourth-order valence-corrected chi connectivity index (χ4v) is 4.01. The van der Waals surface area contributed by atoms with Crippen molar-refractivity contribution >= 4 is 16.8 Å². The third-order valence-corrected chi connectivity index (χ3v) is 5.94. The largest absolute Gasteiger partial charge is 0.355 e. The molecule has 0 aliphatic carbocycles. The molecule has 1 aromatic rings. The van der Waals surface area contributed by atoms with Crippen molar-refractivity contribution in [3.8, 4) is 0 Å². The molecule has 0 radical (unpaired) electrons. The summed E-state index contributed by atoms with van der Waals surface area (Å²) in [5.41, 5.74) is 0. The zero-order valence-corrected chi connectivity index (χ0v) is 16.4. The Morgan fingerprint density at radius 3 is 2.64 bits per heavy atom. The van der Waals surface area contributed by atoms with Crippen LogP contribution in [0, 0.1) is 0 Å². The highest BCUT2D eigenvalue weighted by Crippen LogP contribution is 2.11. The third-order valence-electron chi connectivity index (χ3n) is 4.57. The highest BCUT2D eigenvalue weighted by atomic mass is 32.2. The molecule has 0 spiro atoms. The minimum absolute atomic E-state index is 0.476. The lowest BCUT2D eigenvalue weighted by molar-refractivity contribution is 0.203. The van der Waals surface area contributed by atoms with Gasteiger partial charge in [0.15, 0.2) is 5.96 Å². The maximum Gasteiger partial charge on any atom is 0.191 e. The predicted molar refractivity (Wildman–Crippen MR) is 107 cm³/mol. The summed E-state index contributed by atoms with van der Waals surface area (Å²) in [5, 5.41) is 6.80. The molecular weight excluding hydrogens is 332 g/mol. The highest BCUT2D eigenvalue weighted by Gasteiger charge is 2.19. The van der Waals surface area contributed by atoms with Crippen molar-refractivity contribution in [1.29, 1.82) is 0 Å². The number of hydrogen-bond donors (Lipinski definition) is 2. The molecule has 1 fully saturated rings. The zero-order chi connectivity index (χ0) is 17.9. The number of unbranched alkanes of at least 4 members (excludes halogenated alkanes) is 1. The fourth-order valence-electron chi connectivity index (χ4n) is 3.02. The van der Waals surface area contributed by atoms with E-state index in [1.807, 2.05) is 30.3 Å². The summed E-state index contributed by atoms with van der Waals surface area (Å²) in [5.74, 6) is 1.40. The number of nitrogens with one attached hydrogen (secondary N) is 2. The minimum Gasteiger partial charge on any atom is -0.355 e. The van der Waals surface area contributed by atoms with Crippen LogP contribution in [0.25, 0.3) is 0 Å². The first-order valence-electron chi connectivity index (χ1n) is 9.36. The van der Waals surface area contributed by atoms with Crippen molar-refractivity contribution in [3.63, 3.8) is 0 Å². The molecule has 6 heteroatoms. The molecule has 1 aliphatic rings. The summed E-state index contributed by atoms with van der Waals surface area (Å²) < 4.78 is 12.2. The smallest absolute Gasteiger partial charge is 0.191 e. The topological polar surface area (TPSA) is 56.7 Å². The van der Waals surface area contributed by atoms with Crippen molar-refractivity contribution in [1.82, 2.24) is 15.5 Å². The third kappa shape index (κ3) is 7.16. The predicted octanol–water partition coefficient (Wildman–Crippen LogP) is 2.22. The number of piperidine rings is 1. The molecule has 1 aromatic carbocycles. The SMILES string of the molecule is CCCCN1CCC(NC(=NC)NCCS(=O)c2ccccc2)CC1. The van der Waals surface area contributed by atoms with Crippen molar-refractivity contribution < 1.29 is 4.21 Å². The van der Waals surface area contributed by atoms with Crippen molar-refractivity contribution in [2.45, 2.75) is 43.5 Å². The first-order valence-corrected chi connectivity index (χ1v) is 10.7. The van der Waals surface area contributed by atoms with Gasteiger partial charge in [-0.1, -0.05) is 31.5 Å². The lowest BCUT2D eigenvalue weighted by Crippen LogP contribution is -2.49. The number of nitrogens with zero attached hydrogens (tertiary/aromatic N) is 2. The molecule has 140 valence electrons. The number of likely N-dealkylation sites (tertiary alicyclic amines) is 1. The monoisotopic (exact) mass is 364 g/mol. The Balaban J connectivity index is 1.67. The first kappa shape index (κ1) is 19.9. The van der Waals surface area contributed by atoms with Crippen LogP contribution in [0.1, 0.15) is 32.6 Å². The molecule has 25 heavy (non-hydrogen) atoms. The summed E-state index contributed by atoms with van der Waals surface area (Å²) in [6.07, 6.45) is 4.86. The lowest BCUT2D eigenvalue weighted by atomic mass is 10.0. The minimum atomic E-state index is -0.969. The molecular formula is C19H32N4OS. The number of guanidine groups is 1. The summed E-state index contributed by atoms with van der Waals surface area (Å²) in [6.45, 7) is 6.44. The van der Waals surface area contributed by atoms with E-state index in [-0.39, 0.29) is 0 Å². The van der Waals surface area contributed by atoms with Crippen LogP contribution in [0.15, 0.2) is 40.2 Å². The van der Waals surface area contributed by atoms with Crippen LogP contribution in [-0.4, -0.2) is 60.1 Å². The van der Waals surface area contributed by atoms with Gasteiger partial charge in [-0.3, -0.25) is 9.20 Å². The molecule has 0 aromatic heterocycles. The molecule has 5 nitrogen and oxygen atoms in total. The molecule has 1 atom stereocenters. The average molecular weight is 365 g/mol. The van der Waals surface area contributed by atoms with E-state index in [0.717, 1.165) is 36.8 Å². The van der Waals surface area contributed by atoms with Crippen LogP contribution < -0.4 is 10.6 Å². The van der Waals surface area contributed by atoms with Gasteiger partial charge < -0.3 is 15.5 Å². The average Bonchev–Trinajstić information content (AvgIpc) is 2.67. The maximum atomic E-state index is 12.2. The van der Waals surface area contributed by atoms with Crippen molar-refractivity contribution in [3.05, 3.63) is 30.3 Å². The van der Waals surface area contributed by atoms with Crippen LogP contribution >= 0.6 is 0 Å². The molecule has 0 bridgehead atoms. The van der Waals surface area contributed by atoms with Gasteiger partial charge in [0.05, 0.1) is 10.8 Å². The second-order valence-corrected chi connectivity index (χ2v) is 8.05. The van der Waals surface area contributed by atoms with Gasteiger partial charge in [0.1, 0.15) is 0 Å². The molecule has 1 aliphatic heterocycles. The quantitative estimate of drug-likeness (QED) is 0.549. The molecule has 0 amide bonds. The van der Waals surface area contributed by atoms with E-state index in [1.165, 1.54) is 19.4 Å². The Labute approximate surface area is 154 Å². The Bertz CT molecular complexity index is 542. The molecule has 1 saturated heterocycles. The number of aliphatic imine (C=N–C) groups is 1. The van der Waals surface area contributed by atoms with Crippen LogP contribution in [0.4, 0.5) is 0 Å². The van der Waals surface area contributed by atoms with Gasteiger partial charge in [-0.15, -0.1) is 0 Å². The highest BCUT2D eigenvalue weighted by molar-refractivity contribution is 7.85. The number of rotatable bonds is 8. The van der Waals surface area contributed by atoms with Gasteiger partial charge in [-0.05, 0) is 37.9 Å². The van der Waals surface area contributed by atoms with E-state index in [9.17, 15) is 4.21 Å². The fraction of sp³-hybridized carbons (Fsp3) is 0.632. The van der Waals surface area contributed by atoms with Crippen LogP contribution in [-0.2, 0) is 10.8 Å². The van der Waals surface area contributed by atoms with E-state index < -0.39 is 10.8 Å². The summed E-state index contributed by atoms with van der Waals surface area (Å²) in [7, 11) is 0.823. The molecule has 1 heterocycles. The normalized spacial score (nSPS) is 18.1. The Morgan fingerprint density at radius 2 is 2.00 bits per heavy atom. The van der Waals surface area contributed by atoms with Gasteiger partial charge in [-0.25, -0.2) is 0 Å². The van der Waals surface area contributed by atoms with Gasteiger partial charge in [0, 0.05) is 43.4 Å². The maximum absolute atomic E-state index is 12.2. The molecule has 2 N–H and O–H groups in total. The second kappa shape index (κ2) is 11.3. The number of benzene rings is 1. The van der Waals surface area contributed by atoms with Crippen LogP contribution in [0.5, 0.6) is 0 Å². The Morgan fingerprint density at radius 1 is 1.28 bits per heavy atom. The van der Waals surface area contributed by atoms with E-state index in [1.54, 1.807) is 7.05 Å². The summed E-state index contributed by atoms with van der Waals surface area (Å²) in [6, 6.07) is 10.1. The van der Waals surface area contributed by atoms with Crippen molar-refractivity contribution in [2.75, 3.05) is 39.0 Å². The second-order valence-electron chi connectivity index (χ2n) is 6.48. The van der Waals surface area contributed by atoms with Crippen LogP contribution in [0.3, 0.4) is 0 Å². The first-order chi connectivity index (χ1) is 12.2. The molecule has 0 saturated carbocycles. The molecule has 2 rings (SSSR count). The summed E-state index contributed by atoms with van der Waals surface area (Å²) >= 11 is 0. The van der Waals surface area contributed by atoms with E-state index in [4.69, 9.17) is 0 Å². The molecule has 1 unspecified atom stereocenters. The van der Waals surface area contributed by atoms with Gasteiger partial charge in [0.25, 0.3) is 0 Å².